The molecule has 21 heavy (non-hydrogen) atoms. The van der Waals surface area contributed by atoms with Crippen molar-refractivity contribution in [2.45, 2.75) is 13.5 Å². The fourth-order valence-electron chi connectivity index (χ4n) is 1.85. The number of nitrogens with zero attached hydrogens (tertiary/aromatic N) is 1. The number of carboxylic acid groups (broad SMARTS) is 1. The molecule has 0 atom stereocenters. The molecule has 2 aromatic rings. The number of carbonyl (C=O) groups is 1. The second-order valence-corrected chi connectivity index (χ2v) is 4.53. The minimum absolute atomic E-state index is 0.0519. The molecule has 0 aliphatic carbocycles. The molecule has 4 nitrogen and oxygen atoms in total. The Bertz CT molecular complexity index is 735. The highest BCUT2D eigenvalue weighted by molar-refractivity contribution is 5.88. The van der Waals surface area contributed by atoms with Gasteiger partial charge in [0, 0.05) is 0 Å². The lowest BCUT2D eigenvalue weighted by molar-refractivity contribution is 0.0696. The molecule has 1 N–H and O–H groups in total. The van der Waals surface area contributed by atoms with Crippen LogP contribution in [0.25, 0.3) is 0 Å². The predicted molar refractivity (Wildman–Crippen MR) is 73.6 cm³/mol. The molecule has 2 aromatic carbocycles. The molecule has 0 radical (unpaired) electrons. The zero-order valence-corrected chi connectivity index (χ0v) is 11.3. The number of hydrogen-bond donors (Lipinski definition) is 1. The molecule has 0 aromatic heterocycles. The summed E-state index contributed by atoms with van der Waals surface area (Å²) in [4.78, 5) is 10.9. The lowest BCUT2D eigenvalue weighted by Gasteiger charge is -2.10. The Labute approximate surface area is 121 Å². The van der Waals surface area contributed by atoms with E-state index in [1.54, 1.807) is 13.0 Å². The first-order valence-electron chi connectivity index (χ1n) is 6.16. The number of nitriles is 1. The Morgan fingerprint density at radius 3 is 2.76 bits per heavy atom. The van der Waals surface area contributed by atoms with Gasteiger partial charge in [-0.05, 0) is 48.4 Å². The minimum atomic E-state index is -1.04. The van der Waals surface area contributed by atoms with E-state index in [2.05, 4.69) is 0 Å². The highest BCUT2D eigenvalue weighted by Crippen LogP contribution is 2.21. The Morgan fingerprint density at radius 2 is 2.10 bits per heavy atom. The zero-order chi connectivity index (χ0) is 15.4. The van der Waals surface area contributed by atoms with E-state index < -0.39 is 11.8 Å². The van der Waals surface area contributed by atoms with E-state index in [-0.39, 0.29) is 17.7 Å². The van der Waals surface area contributed by atoms with E-state index in [0.29, 0.717) is 11.3 Å². The average molecular weight is 285 g/mol. The smallest absolute Gasteiger partial charge is 0.335 e. The standard InChI is InChI=1S/C16H12FNO3/c1-10-2-3-13(16(19)20)7-15(10)21-9-12-4-11(8-18)5-14(17)6-12/h2-7H,9H2,1H3,(H,19,20). The third kappa shape index (κ3) is 3.57. The molecule has 5 heteroatoms. The van der Waals surface area contributed by atoms with Crippen molar-refractivity contribution in [1.82, 2.24) is 0 Å². The van der Waals surface area contributed by atoms with Crippen LogP contribution in [0.3, 0.4) is 0 Å². The van der Waals surface area contributed by atoms with E-state index in [9.17, 15) is 9.18 Å². The Balaban J connectivity index is 2.20. The van der Waals surface area contributed by atoms with Crippen molar-refractivity contribution in [1.29, 1.82) is 5.26 Å². The molecule has 0 unspecified atom stereocenters. The summed E-state index contributed by atoms with van der Waals surface area (Å²) >= 11 is 0. The quantitative estimate of drug-likeness (QED) is 0.935. The first kappa shape index (κ1) is 14.5. The molecule has 0 heterocycles. The summed E-state index contributed by atoms with van der Waals surface area (Å²) in [5.74, 6) is -1.14. The maximum absolute atomic E-state index is 13.3. The van der Waals surface area contributed by atoms with Crippen LogP contribution >= 0.6 is 0 Å². The van der Waals surface area contributed by atoms with Crippen molar-refractivity contribution < 1.29 is 19.0 Å². The van der Waals surface area contributed by atoms with Gasteiger partial charge in [-0.15, -0.1) is 0 Å². The van der Waals surface area contributed by atoms with Gasteiger partial charge in [-0.1, -0.05) is 6.07 Å². The lowest BCUT2D eigenvalue weighted by atomic mass is 10.1. The summed E-state index contributed by atoms with van der Waals surface area (Å²) in [6.45, 7) is 1.84. The molecule has 106 valence electrons. The predicted octanol–water partition coefficient (Wildman–Crippen LogP) is 3.28. The second kappa shape index (κ2) is 6.06. The molecule has 2 rings (SSSR count). The van der Waals surface area contributed by atoms with Crippen molar-refractivity contribution >= 4 is 5.97 Å². The minimum Gasteiger partial charge on any atom is -0.489 e. The van der Waals surface area contributed by atoms with Gasteiger partial charge in [0.15, 0.2) is 0 Å². The number of benzene rings is 2. The van der Waals surface area contributed by atoms with E-state index >= 15 is 0 Å². The fourth-order valence-corrected chi connectivity index (χ4v) is 1.85. The van der Waals surface area contributed by atoms with Crippen molar-refractivity contribution in [2.24, 2.45) is 0 Å². The molecule has 0 saturated heterocycles. The summed E-state index contributed by atoms with van der Waals surface area (Å²) in [5, 5.41) is 17.7. The normalized spacial score (nSPS) is 9.95. The highest BCUT2D eigenvalue weighted by Gasteiger charge is 2.08. The summed E-state index contributed by atoms with van der Waals surface area (Å²) in [5.41, 5.74) is 1.61. The molecule has 0 spiro atoms. The van der Waals surface area contributed by atoms with Crippen LogP contribution in [0.2, 0.25) is 0 Å². The summed E-state index contributed by atoms with van der Waals surface area (Å²) < 4.78 is 18.8. The number of ether oxygens (including phenoxy) is 1. The van der Waals surface area contributed by atoms with Gasteiger partial charge in [0.1, 0.15) is 18.2 Å². The molecule has 0 amide bonds. The molecule has 0 fully saturated rings. The summed E-state index contributed by atoms with van der Waals surface area (Å²) in [7, 11) is 0. The third-order valence-electron chi connectivity index (χ3n) is 2.92. The largest absolute Gasteiger partial charge is 0.489 e. The van der Waals surface area contributed by atoms with Crippen LogP contribution in [0.1, 0.15) is 27.0 Å². The van der Waals surface area contributed by atoms with E-state index in [1.165, 1.54) is 24.3 Å². The molecule has 0 bridgehead atoms. The van der Waals surface area contributed by atoms with E-state index in [0.717, 1.165) is 11.6 Å². The average Bonchev–Trinajstić information content (AvgIpc) is 2.45. The van der Waals surface area contributed by atoms with Crippen LogP contribution in [-0.4, -0.2) is 11.1 Å². The van der Waals surface area contributed by atoms with Gasteiger partial charge in [-0.2, -0.15) is 5.26 Å². The second-order valence-electron chi connectivity index (χ2n) is 4.53. The van der Waals surface area contributed by atoms with Gasteiger partial charge in [-0.3, -0.25) is 0 Å². The number of aryl methyl sites for hydroxylation is 1. The van der Waals surface area contributed by atoms with Crippen LogP contribution in [-0.2, 0) is 6.61 Å². The topological polar surface area (TPSA) is 70.3 Å². The SMILES string of the molecule is Cc1ccc(C(=O)O)cc1OCc1cc(F)cc(C#N)c1. The van der Waals surface area contributed by atoms with Crippen LogP contribution in [0.5, 0.6) is 5.75 Å². The Hall–Kier alpha value is -2.87. The van der Waals surface area contributed by atoms with Crippen molar-refractivity contribution in [2.75, 3.05) is 0 Å². The number of rotatable bonds is 4. The maximum Gasteiger partial charge on any atom is 0.335 e. The first-order chi connectivity index (χ1) is 9.99. The number of hydrogen-bond acceptors (Lipinski definition) is 3. The van der Waals surface area contributed by atoms with E-state index in [1.807, 2.05) is 6.07 Å². The molecular formula is C16H12FNO3. The van der Waals surface area contributed by atoms with Gasteiger partial charge in [0.05, 0.1) is 17.2 Å². The molecule has 0 saturated carbocycles. The van der Waals surface area contributed by atoms with Gasteiger partial charge in [-0.25, -0.2) is 9.18 Å². The van der Waals surface area contributed by atoms with Gasteiger partial charge in [0.2, 0.25) is 0 Å². The summed E-state index contributed by atoms with van der Waals surface area (Å²) in [6, 6.07) is 10.4. The number of halogens is 1. The van der Waals surface area contributed by atoms with E-state index in [4.69, 9.17) is 15.1 Å². The third-order valence-corrected chi connectivity index (χ3v) is 2.92. The van der Waals surface area contributed by atoms with Crippen LogP contribution in [0.4, 0.5) is 4.39 Å². The van der Waals surface area contributed by atoms with Crippen molar-refractivity contribution in [3.05, 3.63) is 64.5 Å². The fraction of sp³-hybridized carbons (Fsp3) is 0.125. The number of aromatic carboxylic acids is 1. The van der Waals surface area contributed by atoms with Crippen LogP contribution < -0.4 is 4.74 Å². The van der Waals surface area contributed by atoms with Crippen molar-refractivity contribution in [3.8, 4) is 11.8 Å². The Kier molecular flexibility index (Phi) is 4.19. The highest BCUT2D eigenvalue weighted by atomic mass is 19.1. The Morgan fingerprint density at radius 1 is 1.33 bits per heavy atom. The zero-order valence-electron chi connectivity index (χ0n) is 11.3. The molecule has 0 aliphatic rings. The van der Waals surface area contributed by atoms with Gasteiger partial charge >= 0.3 is 5.97 Å². The molecule has 0 aliphatic heterocycles. The summed E-state index contributed by atoms with van der Waals surface area (Å²) in [6.07, 6.45) is 0. The number of carboxylic acids is 1. The molecular weight excluding hydrogens is 273 g/mol. The first-order valence-corrected chi connectivity index (χ1v) is 6.16. The maximum atomic E-state index is 13.3. The monoisotopic (exact) mass is 285 g/mol. The van der Waals surface area contributed by atoms with Gasteiger partial charge < -0.3 is 9.84 Å². The van der Waals surface area contributed by atoms with Gasteiger partial charge in [0.25, 0.3) is 0 Å². The van der Waals surface area contributed by atoms with Crippen LogP contribution in [0, 0.1) is 24.1 Å². The van der Waals surface area contributed by atoms with Crippen molar-refractivity contribution in [3.63, 3.8) is 0 Å². The lowest BCUT2D eigenvalue weighted by Crippen LogP contribution is -2.01. The van der Waals surface area contributed by atoms with Crippen LogP contribution in [0.15, 0.2) is 36.4 Å².